The van der Waals surface area contributed by atoms with Crippen LogP contribution in [0.25, 0.3) is 0 Å². The Morgan fingerprint density at radius 2 is 2.25 bits per heavy atom. The minimum atomic E-state index is 0.438. The molecule has 0 saturated heterocycles. The molecule has 1 aliphatic carbocycles. The van der Waals surface area contributed by atoms with Gasteiger partial charge in [-0.1, -0.05) is 17.7 Å². The molecule has 0 aliphatic heterocycles. The lowest BCUT2D eigenvalue weighted by atomic mass is 9.89. The number of halogens is 1. The topological polar surface area (TPSA) is 47.3 Å². The van der Waals surface area contributed by atoms with Gasteiger partial charge in [-0.3, -0.25) is 0 Å². The summed E-state index contributed by atoms with van der Waals surface area (Å²) in [6, 6.07) is 6.33. The van der Waals surface area contributed by atoms with Gasteiger partial charge in [0.1, 0.15) is 0 Å². The monoisotopic (exact) mass is 240 g/mol. The van der Waals surface area contributed by atoms with Gasteiger partial charge in [0.2, 0.25) is 0 Å². The maximum absolute atomic E-state index is 5.86. The van der Waals surface area contributed by atoms with Crippen LogP contribution in [0.1, 0.15) is 18.4 Å². The van der Waals surface area contributed by atoms with Gasteiger partial charge in [0.05, 0.1) is 16.8 Å². The number of hydrogen-bond donors (Lipinski definition) is 2. The van der Waals surface area contributed by atoms with Crippen molar-refractivity contribution in [3.63, 3.8) is 0 Å². The number of benzene rings is 1. The van der Waals surface area contributed by atoms with Crippen molar-refractivity contribution in [1.29, 1.82) is 0 Å². The van der Waals surface area contributed by atoms with E-state index in [9.17, 15) is 0 Å². The van der Waals surface area contributed by atoms with Crippen molar-refractivity contribution in [1.82, 2.24) is 5.32 Å². The standard InChI is InChI=1S/C12H17ClN2O/c1-16-10-5-9(6-10)15-7-8-2-3-11(13)12(14)4-8/h2-4,9-10,15H,5-7,14H2,1H3. The van der Waals surface area contributed by atoms with Crippen molar-refractivity contribution in [2.45, 2.75) is 31.5 Å². The Labute approximate surface area is 101 Å². The Balaban J connectivity index is 1.80. The molecule has 0 spiro atoms. The minimum Gasteiger partial charge on any atom is -0.398 e. The molecular weight excluding hydrogens is 224 g/mol. The highest BCUT2D eigenvalue weighted by molar-refractivity contribution is 6.33. The summed E-state index contributed by atoms with van der Waals surface area (Å²) in [7, 11) is 1.76. The number of nitrogens with two attached hydrogens (primary N) is 1. The molecule has 88 valence electrons. The van der Waals surface area contributed by atoms with Crippen LogP contribution < -0.4 is 11.1 Å². The summed E-state index contributed by atoms with van der Waals surface area (Å²) in [4.78, 5) is 0. The zero-order valence-corrected chi connectivity index (χ0v) is 10.1. The van der Waals surface area contributed by atoms with Crippen molar-refractivity contribution in [2.75, 3.05) is 12.8 Å². The van der Waals surface area contributed by atoms with E-state index in [0.29, 0.717) is 22.9 Å². The van der Waals surface area contributed by atoms with E-state index in [0.717, 1.165) is 19.4 Å². The third-order valence-corrected chi connectivity index (χ3v) is 3.43. The first-order valence-corrected chi connectivity index (χ1v) is 5.87. The number of ether oxygens (including phenoxy) is 1. The quantitative estimate of drug-likeness (QED) is 0.794. The Kier molecular flexibility index (Phi) is 3.69. The number of nitrogen functional groups attached to an aromatic ring is 1. The number of methoxy groups -OCH3 is 1. The molecule has 1 saturated carbocycles. The van der Waals surface area contributed by atoms with E-state index in [1.54, 1.807) is 7.11 Å². The van der Waals surface area contributed by atoms with E-state index >= 15 is 0 Å². The van der Waals surface area contributed by atoms with Gasteiger partial charge in [-0.2, -0.15) is 0 Å². The molecule has 1 aromatic carbocycles. The highest BCUT2D eigenvalue weighted by Gasteiger charge is 2.28. The summed E-state index contributed by atoms with van der Waals surface area (Å²) in [6.45, 7) is 0.836. The van der Waals surface area contributed by atoms with E-state index in [2.05, 4.69) is 5.32 Å². The average molecular weight is 241 g/mol. The lowest BCUT2D eigenvalue weighted by molar-refractivity contribution is 0.0170. The van der Waals surface area contributed by atoms with Crippen LogP contribution in [0.15, 0.2) is 18.2 Å². The van der Waals surface area contributed by atoms with Crippen LogP contribution in [0.2, 0.25) is 5.02 Å². The third-order valence-electron chi connectivity index (χ3n) is 3.08. The zero-order chi connectivity index (χ0) is 11.5. The summed E-state index contributed by atoms with van der Waals surface area (Å²) >= 11 is 5.86. The van der Waals surface area contributed by atoms with Crippen LogP contribution in [0.5, 0.6) is 0 Å². The molecule has 0 aromatic heterocycles. The van der Waals surface area contributed by atoms with E-state index in [-0.39, 0.29) is 0 Å². The van der Waals surface area contributed by atoms with Crippen LogP contribution in [-0.4, -0.2) is 19.3 Å². The van der Waals surface area contributed by atoms with Gasteiger partial charge < -0.3 is 15.8 Å². The van der Waals surface area contributed by atoms with Gasteiger partial charge in [-0.15, -0.1) is 0 Å². The predicted molar refractivity (Wildman–Crippen MR) is 66.5 cm³/mol. The van der Waals surface area contributed by atoms with Crippen LogP contribution in [0.4, 0.5) is 5.69 Å². The van der Waals surface area contributed by atoms with Gasteiger partial charge in [0.15, 0.2) is 0 Å². The van der Waals surface area contributed by atoms with E-state index in [1.807, 2.05) is 18.2 Å². The van der Waals surface area contributed by atoms with Crippen LogP contribution in [-0.2, 0) is 11.3 Å². The second-order valence-electron chi connectivity index (χ2n) is 4.26. The van der Waals surface area contributed by atoms with Gasteiger partial charge in [0, 0.05) is 19.7 Å². The second-order valence-corrected chi connectivity index (χ2v) is 4.67. The molecule has 1 aliphatic rings. The molecule has 16 heavy (non-hydrogen) atoms. The van der Waals surface area contributed by atoms with Crippen molar-refractivity contribution < 1.29 is 4.74 Å². The first-order valence-electron chi connectivity index (χ1n) is 5.49. The molecular formula is C12H17ClN2O. The minimum absolute atomic E-state index is 0.438. The summed E-state index contributed by atoms with van der Waals surface area (Å²) in [6.07, 6.45) is 2.63. The first kappa shape index (κ1) is 11.7. The van der Waals surface area contributed by atoms with Crippen LogP contribution >= 0.6 is 11.6 Å². The van der Waals surface area contributed by atoms with Crippen molar-refractivity contribution in [3.8, 4) is 0 Å². The molecule has 0 radical (unpaired) electrons. The van der Waals surface area contributed by atoms with E-state index in [4.69, 9.17) is 22.1 Å². The van der Waals surface area contributed by atoms with Gasteiger partial charge >= 0.3 is 0 Å². The highest BCUT2D eigenvalue weighted by atomic mass is 35.5. The number of hydrogen-bond acceptors (Lipinski definition) is 3. The SMILES string of the molecule is COC1CC(NCc2ccc(Cl)c(N)c2)C1. The van der Waals surface area contributed by atoms with Gasteiger partial charge in [0.25, 0.3) is 0 Å². The molecule has 2 rings (SSSR count). The maximum Gasteiger partial charge on any atom is 0.0635 e. The number of anilines is 1. The molecule has 0 heterocycles. The number of rotatable bonds is 4. The highest BCUT2D eigenvalue weighted by Crippen LogP contribution is 2.23. The fraction of sp³-hybridized carbons (Fsp3) is 0.500. The Hall–Kier alpha value is -0.770. The van der Waals surface area contributed by atoms with Gasteiger partial charge in [-0.25, -0.2) is 0 Å². The third kappa shape index (κ3) is 2.67. The second kappa shape index (κ2) is 5.04. The van der Waals surface area contributed by atoms with Crippen molar-refractivity contribution in [3.05, 3.63) is 28.8 Å². The molecule has 0 bridgehead atoms. The molecule has 3 nitrogen and oxygen atoms in total. The molecule has 1 fully saturated rings. The normalized spacial score (nSPS) is 24.1. The molecule has 3 N–H and O–H groups in total. The van der Waals surface area contributed by atoms with Crippen molar-refractivity contribution >= 4 is 17.3 Å². The summed E-state index contributed by atoms with van der Waals surface area (Å²) in [5, 5.41) is 4.09. The smallest absolute Gasteiger partial charge is 0.0635 e. The lowest BCUT2D eigenvalue weighted by Crippen LogP contribution is -2.44. The van der Waals surface area contributed by atoms with Crippen LogP contribution in [0.3, 0.4) is 0 Å². The number of nitrogens with one attached hydrogen (secondary N) is 1. The molecule has 0 unspecified atom stereocenters. The Bertz CT molecular complexity index is 364. The zero-order valence-electron chi connectivity index (χ0n) is 9.37. The molecule has 1 aromatic rings. The van der Waals surface area contributed by atoms with E-state index in [1.165, 1.54) is 5.56 Å². The lowest BCUT2D eigenvalue weighted by Gasteiger charge is -2.34. The average Bonchev–Trinajstić information content (AvgIpc) is 2.21. The summed E-state index contributed by atoms with van der Waals surface area (Å²) in [5.74, 6) is 0. The van der Waals surface area contributed by atoms with E-state index < -0.39 is 0 Å². The predicted octanol–water partition coefficient (Wildman–Crippen LogP) is 2.19. The molecule has 0 atom stereocenters. The first-order chi connectivity index (χ1) is 7.69. The Morgan fingerprint density at radius 3 is 2.88 bits per heavy atom. The fourth-order valence-electron chi connectivity index (χ4n) is 1.89. The summed E-state index contributed by atoms with van der Waals surface area (Å²) < 4.78 is 5.23. The summed E-state index contributed by atoms with van der Waals surface area (Å²) in [5.41, 5.74) is 7.55. The van der Waals surface area contributed by atoms with Crippen LogP contribution in [0, 0.1) is 0 Å². The molecule has 0 amide bonds. The van der Waals surface area contributed by atoms with Crippen molar-refractivity contribution in [2.24, 2.45) is 0 Å². The largest absolute Gasteiger partial charge is 0.398 e. The Morgan fingerprint density at radius 1 is 1.50 bits per heavy atom. The molecule has 4 heteroatoms. The maximum atomic E-state index is 5.86. The fourth-order valence-corrected chi connectivity index (χ4v) is 2.01. The van der Waals surface area contributed by atoms with Gasteiger partial charge in [-0.05, 0) is 30.5 Å².